The summed E-state index contributed by atoms with van der Waals surface area (Å²) in [5.41, 5.74) is 2.77. The number of hydrogen-bond acceptors (Lipinski definition) is 5. The molecule has 0 bridgehead atoms. The van der Waals surface area contributed by atoms with Crippen LogP contribution in [0.5, 0.6) is 0 Å². The molecule has 1 aliphatic heterocycles. The first-order valence-corrected chi connectivity index (χ1v) is 14.0. The van der Waals surface area contributed by atoms with Crippen LogP contribution in [0.1, 0.15) is 36.2 Å². The molecule has 4 rings (SSSR count). The summed E-state index contributed by atoms with van der Waals surface area (Å²) in [4.78, 5) is 8.67. The molecular weight excluding hydrogens is 487 g/mol. The molecular formula is C26H30ClFN4O2S. The van der Waals surface area contributed by atoms with Crippen molar-refractivity contribution in [2.24, 2.45) is 0 Å². The van der Waals surface area contributed by atoms with Crippen molar-refractivity contribution in [2.45, 2.75) is 44.7 Å². The van der Waals surface area contributed by atoms with Gasteiger partial charge in [0, 0.05) is 29.6 Å². The van der Waals surface area contributed by atoms with Gasteiger partial charge in [-0.1, -0.05) is 41.9 Å². The molecule has 2 heterocycles. The molecule has 6 nitrogen and oxygen atoms in total. The molecule has 9 heteroatoms. The van der Waals surface area contributed by atoms with Crippen LogP contribution in [0, 0.1) is 5.82 Å². The Morgan fingerprint density at radius 3 is 2.57 bits per heavy atom. The molecule has 0 saturated carbocycles. The topological polar surface area (TPSA) is 75.2 Å². The highest BCUT2D eigenvalue weighted by atomic mass is 35.5. The van der Waals surface area contributed by atoms with E-state index in [4.69, 9.17) is 11.6 Å². The highest BCUT2D eigenvalue weighted by molar-refractivity contribution is 7.88. The first-order valence-electron chi connectivity index (χ1n) is 11.8. The normalized spacial score (nSPS) is 15.0. The fourth-order valence-corrected chi connectivity index (χ4v) is 5.83. The SMILES string of the molecule is CS(=O)(=O)N(Cc1cccc(-c2nc(CCCc3cccc(Cl)c3)ncc2F)c1)C1CCNCC1. The second kappa shape index (κ2) is 11.6. The average molecular weight is 517 g/mol. The minimum atomic E-state index is -3.39. The maximum absolute atomic E-state index is 14.7. The molecule has 1 aliphatic rings. The van der Waals surface area contributed by atoms with E-state index in [2.05, 4.69) is 15.3 Å². The number of hydrogen-bond donors (Lipinski definition) is 1. The molecule has 0 radical (unpaired) electrons. The van der Waals surface area contributed by atoms with Gasteiger partial charge in [0.25, 0.3) is 0 Å². The van der Waals surface area contributed by atoms with Gasteiger partial charge in [0.2, 0.25) is 10.0 Å². The minimum absolute atomic E-state index is 0.0446. The third-order valence-electron chi connectivity index (χ3n) is 6.23. The van der Waals surface area contributed by atoms with Crippen molar-refractivity contribution in [3.05, 3.63) is 82.5 Å². The summed E-state index contributed by atoms with van der Waals surface area (Å²) >= 11 is 6.05. The quantitative estimate of drug-likeness (QED) is 0.449. The summed E-state index contributed by atoms with van der Waals surface area (Å²) in [6.07, 6.45) is 6.24. The highest BCUT2D eigenvalue weighted by Crippen LogP contribution is 2.25. The van der Waals surface area contributed by atoms with Crippen LogP contribution in [0.15, 0.2) is 54.7 Å². The lowest BCUT2D eigenvalue weighted by molar-refractivity contribution is 0.258. The highest BCUT2D eigenvalue weighted by Gasteiger charge is 2.28. The fraction of sp³-hybridized carbons (Fsp3) is 0.385. The first kappa shape index (κ1) is 25.7. The Kier molecular flexibility index (Phi) is 8.49. The third-order valence-corrected chi connectivity index (χ3v) is 7.74. The van der Waals surface area contributed by atoms with E-state index in [0.717, 1.165) is 49.9 Å². The van der Waals surface area contributed by atoms with E-state index in [1.165, 1.54) is 12.5 Å². The van der Waals surface area contributed by atoms with E-state index in [0.29, 0.717) is 22.8 Å². The van der Waals surface area contributed by atoms with E-state index in [1.54, 1.807) is 10.4 Å². The molecule has 1 N–H and O–H groups in total. The number of sulfonamides is 1. The summed E-state index contributed by atoms with van der Waals surface area (Å²) in [6, 6.07) is 15.0. The summed E-state index contributed by atoms with van der Waals surface area (Å²) in [5, 5.41) is 3.98. The molecule has 0 atom stereocenters. The molecule has 0 spiro atoms. The van der Waals surface area contributed by atoms with Crippen LogP contribution in [-0.2, 0) is 29.4 Å². The number of benzene rings is 2. The molecule has 0 unspecified atom stereocenters. The Labute approximate surface area is 211 Å². The van der Waals surface area contributed by atoms with Crippen molar-refractivity contribution in [3.8, 4) is 11.3 Å². The van der Waals surface area contributed by atoms with Gasteiger partial charge in [-0.2, -0.15) is 4.31 Å². The van der Waals surface area contributed by atoms with Crippen LogP contribution in [-0.4, -0.2) is 48.1 Å². The van der Waals surface area contributed by atoms with Crippen molar-refractivity contribution in [1.29, 1.82) is 0 Å². The second-order valence-electron chi connectivity index (χ2n) is 8.96. The Bertz CT molecular complexity index is 1270. The Morgan fingerprint density at radius 2 is 1.83 bits per heavy atom. The van der Waals surface area contributed by atoms with E-state index in [9.17, 15) is 12.8 Å². The maximum atomic E-state index is 14.7. The molecule has 1 aromatic heterocycles. The lowest BCUT2D eigenvalue weighted by atomic mass is 10.0. The number of piperidine rings is 1. The van der Waals surface area contributed by atoms with Crippen LogP contribution in [0.2, 0.25) is 5.02 Å². The van der Waals surface area contributed by atoms with Crippen molar-refractivity contribution in [1.82, 2.24) is 19.6 Å². The lowest BCUT2D eigenvalue weighted by Gasteiger charge is -2.32. The van der Waals surface area contributed by atoms with Gasteiger partial charge in [-0.3, -0.25) is 0 Å². The second-order valence-corrected chi connectivity index (χ2v) is 11.3. The summed E-state index contributed by atoms with van der Waals surface area (Å²) in [7, 11) is -3.39. The zero-order valence-corrected chi connectivity index (χ0v) is 21.3. The predicted octanol–water partition coefficient (Wildman–Crippen LogP) is 4.63. The van der Waals surface area contributed by atoms with Crippen LogP contribution < -0.4 is 5.32 Å². The number of halogens is 2. The Hall–Kier alpha value is -2.39. The van der Waals surface area contributed by atoms with E-state index in [-0.39, 0.29) is 18.3 Å². The molecule has 1 saturated heterocycles. The van der Waals surface area contributed by atoms with Crippen LogP contribution in [0.25, 0.3) is 11.3 Å². The molecule has 35 heavy (non-hydrogen) atoms. The number of aromatic nitrogens is 2. The maximum Gasteiger partial charge on any atom is 0.211 e. The number of rotatable bonds is 9. The van der Waals surface area contributed by atoms with Crippen molar-refractivity contribution >= 4 is 21.6 Å². The van der Waals surface area contributed by atoms with Crippen molar-refractivity contribution in [3.63, 3.8) is 0 Å². The molecule has 0 amide bonds. The van der Waals surface area contributed by atoms with E-state index in [1.807, 2.05) is 42.5 Å². The number of aryl methyl sites for hydroxylation is 2. The lowest BCUT2D eigenvalue weighted by Crippen LogP contribution is -2.45. The predicted molar refractivity (Wildman–Crippen MR) is 137 cm³/mol. The van der Waals surface area contributed by atoms with Gasteiger partial charge in [-0.05, 0) is 68.1 Å². The third kappa shape index (κ3) is 7.07. The standard InChI is InChI=1S/C26H30ClFN4O2S/c1-35(33,34)32(23-11-13-29-14-12-23)18-20-7-2-8-21(15-20)26-24(28)17-30-25(31-26)10-4-6-19-5-3-9-22(27)16-19/h2-3,5,7-9,15-17,23,29H,4,6,10-14,18H2,1H3. The van der Waals surface area contributed by atoms with Gasteiger partial charge in [-0.15, -0.1) is 0 Å². The summed E-state index contributed by atoms with van der Waals surface area (Å²) in [6.45, 7) is 1.84. The molecule has 1 fully saturated rings. The molecule has 186 valence electrons. The average Bonchev–Trinajstić information content (AvgIpc) is 2.84. The van der Waals surface area contributed by atoms with Crippen LogP contribution >= 0.6 is 11.6 Å². The van der Waals surface area contributed by atoms with Gasteiger partial charge >= 0.3 is 0 Å². The number of nitrogens with one attached hydrogen (secondary N) is 1. The first-order chi connectivity index (χ1) is 16.8. The fourth-order valence-electron chi connectivity index (χ4n) is 4.48. The molecule has 2 aromatic carbocycles. The summed E-state index contributed by atoms with van der Waals surface area (Å²) < 4.78 is 41.3. The number of nitrogens with zero attached hydrogens (tertiary/aromatic N) is 3. The van der Waals surface area contributed by atoms with Crippen LogP contribution in [0.3, 0.4) is 0 Å². The zero-order chi connectivity index (χ0) is 24.8. The van der Waals surface area contributed by atoms with E-state index < -0.39 is 15.8 Å². The van der Waals surface area contributed by atoms with Gasteiger partial charge in [-0.25, -0.2) is 22.8 Å². The van der Waals surface area contributed by atoms with Crippen molar-refractivity contribution < 1.29 is 12.8 Å². The smallest absolute Gasteiger partial charge is 0.211 e. The molecule has 3 aromatic rings. The molecule has 0 aliphatic carbocycles. The minimum Gasteiger partial charge on any atom is -0.317 e. The Morgan fingerprint density at radius 1 is 1.09 bits per heavy atom. The van der Waals surface area contributed by atoms with Crippen molar-refractivity contribution in [2.75, 3.05) is 19.3 Å². The zero-order valence-electron chi connectivity index (χ0n) is 19.8. The van der Waals surface area contributed by atoms with Gasteiger partial charge in [0.15, 0.2) is 5.82 Å². The van der Waals surface area contributed by atoms with Gasteiger partial charge in [0.05, 0.1) is 12.5 Å². The van der Waals surface area contributed by atoms with E-state index >= 15 is 0 Å². The van der Waals surface area contributed by atoms with Gasteiger partial charge in [0.1, 0.15) is 11.5 Å². The van der Waals surface area contributed by atoms with Crippen LogP contribution in [0.4, 0.5) is 4.39 Å². The summed E-state index contributed by atoms with van der Waals surface area (Å²) in [5.74, 6) is 0.0698. The Balaban J connectivity index is 1.49. The largest absolute Gasteiger partial charge is 0.317 e. The monoisotopic (exact) mass is 516 g/mol. The van der Waals surface area contributed by atoms with Gasteiger partial charge < -0.3 is 5.32 Å².